The predicted molar refractivity (Wildman–Crippen MR) is 141 cm³/mol. The SMILES string of the molecule is O=C(c1ccc2ncccc2c1)N1CCC(N2CCC(Cc3ccc(Cl)c(Cl)c3)C(CO)C2)CC1. The van der Waals surface area contributed by atoms with Crippen molar-refractivity contribution in [2.75, 3.05) is 32.8 Å². The molecule has 2 aliphatic heterocycles. The summed E-state index contributed by atoms with van der Waals surface area (Å²) < 4.78 is 0. The maximum Gasteiger partial charge on any atom is 0.253 e. The summed E-state index contributed by atoms with van der Waals surface area (Å²) in [4.78, 5) is 22.0. The van der Waals surface area contributed by atoms with Gasteiger partial charge in [-0.25, -0.2) is 0 Å². The summed E-state index contributed by atoms with van der Waals surface area (Å²) >= 11 is 12.3. The van der Waals surface area contributed by atoms with Crippen molar-refractivity contribution >= 4 is 40.0 Å². The summed E-state index contributed by atoms with van der Waals surface area (Å²) in [7, 11) is 0. The summed E-state index contributed by atoms with van der Waals surface area (Å²) in [6.45, 7) is 3.65. The van der Waals surface area contributed by atoms with Crippen LogP contribution in [0, 0.1) is 11.8 Å². The molecule has 1 amide bonds. The fourth-order valence-electron chi connectivity index (χ4n) is 5.71. The minimum absolute atomic E-state index is 0.0998. The molecule has 0 radical (unpaired) electrons. The van der Waals surface area contributed by atoms with E-state index < -0.39 is 0 Å². The zero-order valence-electron chi connectivity index (χ0n) is 19.7. The maximum absolute atomic E-state index is 13.1. The van der Waals surface area contributed by atoms with Crippen LogP contribution in [0.2, 0.25) is 10.0 Å². The Kier molecular flexibility index (Phi) is 7.59. The summed E-state index contributed by atoms with van der Waals surface area (Å²) in [5, 5.41) is 12.3. The highest BCUT2D eigenvalue weighted by atomic mass is 35.5. The van der Waals surface area contributed by atoms with Crippen molar-refractivity contribution in [1.82, 2.24) is 14.8 Å². The molecule has 35 heavy (non-hydrogen) atoms. The van der Waals surface area contributed by atoms with E-state index in [1.807, 2.05) is 53.4 Å². The van der Waals surface area contributed by atoms with Crippen LogP contribution < -0.4 is 0 Å². The number of pyridine rings is 1. The van der Waals surface area contributed by atoms with Gasteiger partial charge in [0.15, 0.2) is 0 Å². The number of piperidine rings is 2. The quantitative estimate of drug-likeness (QED) is 0.503. The second kappa shape index (κ2) is 10.8. The minimum atomic E-state index is 0.0998. The Balaban J connectivity index is 1.16. The zero-order chi connectivity index (χ0) is 24.4. The normalized spacial score (nSPS) is 22.0. The lowest BCUT2D eigenvalue weighted by Crippen LogP contribution is -2.52. The number of likely N-dealkylation sites (tertiary alicyclic amines) is 2. The molecule has 5 rings (SSSR count). The number of rotatable bonds is 5. The van der Waals surface area contributed by atoms with E-state index in [0.717, 1.165) is 68.3 Å². The van der Waals surface area contributed by atoms with Gasteiger partial charge in [0.25, 0.3) is 5.91 Å². The van der Waals surface area contributed by atoms with Crippen LogP contribution in [0.15, 0.2) is 54.7 Å². The van der Waals surface area contributed by atoms with E-state index in [9.17, 15) is 9.90 Å². The van der Waals surface area contributed by atoms with E-state index >= 15 is 0 Å². The molecule has 0 saturated carbocycles. The molecule has 2 saturated heterocycles. The molecular weight excluding hydrogens is 481 g/mol. The van der Waals surface area contributed by atoms with Gasteiger partial charge in [-0.2, -0.15) is 0 Å². The number of hydrogen-bond donors (Lipinski definition) is 1. The van der Waals surface area contributed by atoms with Crippen molar-refractivity contribution in [3.63, 3.8) is 0 Å². The second-order valence-electron chi connectivity index (χ2n) is 9.87. The lowest BCUT2D eigenvalue weighted by molar-refractivity contribution is 0.0242. The van der Waals surface area contributed by atoms with Gasteiger partial charge in [-0.15, -0.1) is 0 Å². The number of amides is 1. The monoisotopic (exact) mass is 511 g/mol. The minimum Gasteiger partial charge on any atom is -0.396 e. The fourth-order valence-corrected chi connectivity index (χ4v) is 6.03. The summed E-state index contributed by atoms with van der Waals surface area (Å²) in [6, 6.07) is 15.9. The third-order valence-electron chi connectivity index (χ3n) is 7.76. The van der Waals surface area contributed by atoms with Crippen LogP contribution >= 0.6 is 23.2 Å². The lowest BCUT2D eigenvalue weighted by atomic mass is 9.80. The van der Waals surface area contributed by atoms with Crippen LogP contribution in [0.5, 0.6) is 0 Å². The number of aromatic nitrogens is 1. The molecular formula is C28H31Cl2N3O2. The van der Waals surface area contributed by atoms with Crippen molar-refractivity contribution in [2.24, 2.45) is 11.8 Å². The van der Waals surface area contributed by atoms with Gasteiger partial charge in [0.2, 0.25) is 0 Å². The number of fused-ring (bicyclic) bond motifs is 1. The Labute approximate surface area is 216 Å². The van der Waals surface area contributed by atoms with Gasteiger partial charge in [0.05, 0.1) is 15.6 Å². The van der Waals surface area contributed by atoms with E-state index in [1.54, 1.807) is 6.20 Å². The molecule has 1 aromatic heterocycles. The molecule has 7 heteroatoms. The molecule has 2 fully saturated rings. The largest absolute Gasteiger partial charge is 0.396 e. The van der Waals surface area contributed by atoms with Gasteiger partial charge >= 0.3 is 0 Å². The van der Waals surface area contributed by atoms with Crippen molar-refractivity contribution < 1.29 is 9.90 Å². The van der Waals surface area contributed by atoms with Gasteiger partial charge in [0.1, 0.15) is 0 Å². The first-order valence-corrected chi connectivity index (χ1v) is 13.2. The van der Waals surface area contributed by atoms with E-state index in [0.29, 0.717) is 22.0 Å². The second-order valence-corrected chi connectivity index (χ2v) is 10.7. The number of hydrogen-bond acceptors (Lipinski definition) is 4. The highest BCUT2D eigenvalue weighted by Gasteiger charge is 2.34. The molecule has 2 unspecified atom stereocenters. The van der Waals surface area contributed by atoms with E-state index in [1.165, 1.54) is 5.56 Å². The van der Waals surface area contributed by atoms with Gasteiger partial charge in [-0.05, 0) is 86.0 Å². The molecule has 5 nitrogen and oxygen atoms in total. The first-order valence-electron chi connectivity index (χ1n) is 12.4. The summed E-state index contributed by atoms with van der Waals surface area (Å²) in [5.74, 6) is 0.768. The van der Waals surface area contributed by atoms with Crippen molar-refractivity contribution in [3.05, 3.63) is 75.9 Å². The van der Waals surface area contributed by atoms with Crippen LogP contribution in [0.3, 0.4) is 0 Å². The number of aliphatic hydroxyl groups is 1. The third-order valence-corrected chi connectivity index (χ3v) is 8.50. The van der Waals surface area contributed by atoms with E-state index in [4.69, 9.17) is 23.2 Å². The summed E-state index contributed by atoms with van der Waals surface area (Å²) in [6.07, 6.45) is 5.67. The van der Waals surface area contributed by atoms with Crippen molar-refractivity contribution in [3.8, 4) is 0 Å². The van der Waals surface area contributed by atoms with Gasteiger partial charge in [-0.1, -0.05) is 35.3 Å². The lowest BCUT2D eigenvalue weighted by Gasteiger charge is -2.44. The standard InChI is InChI=1S/C28H31Cl2N3O2/c29-25-5-3-19(15-26(25)30)14-20-7-11-33(17-23(20)18-34)24-8-12-32(13-9-24)28(35)22-4-6-27-21(16-22)2-1-10-31-27/h1-6,10,15-16,20,23-24,34H,7-9,11-14,17-18H2. The Morgan fingerprint density at radius 2 is 1.80 bits per heavy atom. The number of benzene rings is 2. The van der Waals surface area contributed by atoms with Crippen LogP contribution in [-0.4, -0.2) is 64.6 Å². The maximum atomic E-state index is 13.1. The molecule has 0 spiro atoms. The van der Waals surface area contributed by atoms with E-state index in [2.05, 4.69) is 9.88 Å². The molecule has 0 bridgehead atoms. The van der Waals surface area contributed by atoms with Crippen LogP contribution in [0.25, 0.3) is 10.9 Å². The van der Waals surface area contributed by atoms with Crippen LogP contribution in [0.4, 0.5) is 0 Å². The molecule has 3 heterocycles. The number of halogens is 2. The Hall–Kier alpha value is -2.18. The first kappa shape index (κ1) is 24.5. The van der Waals surface area contributed by atoms with Crippen LogP contribution in [0.1, 0.15) is 35.2 Å². The number of carbonyl (C=O) groups excluding carboxylic acids is 1. The summed E-state index contributed by atoms with van der Waals surface area (Å²) in [5.41, 5.74) is 2.81. The molecule has 2 aliphatic rings. The number of aliphatic hydroxyl groups excluding tert-OH is 1. The molecule has 3 aromatic rings. The average molecular weight is 512 g/mol. The topological polar surface area (TPSA) is 56.7 Å². The first-order chi connectivity index (χ1) is 17.0. The molecule has 2 atom stereocenters. The fraction of sp³-hybridized carbons (Fsp3) is 0.429. The zero-order valence-corrected chi connectivity index (χ0v) is 21.3. The highest BCUT2D eigenvalue weighted by molar-refractivity contribution is 6.42. The third kappa shape index (κ3) is 5.49. The van der Waals surface area contributed by atoms with Crippen molar-refractivity contribution in [1.29, 1.82) is 0 Å². The smallest absolute Gasteiger partial charge is 0.253 e. The predicted octanol–water partition coefficient (Wildman–Crippen LogP) is 5.32. The molecule has 2 aromatic carbocycles. The van der Waals surface area contributed by atoms with Crippen molar-refractivity contribution in [2.45, 2.75) is 31.7 Å². The number of carbonyl (C=O) groups is 1. The highest BCUT2D eigenvalue weighted by Crippen LogP contribution is 2.32. The molecule has 0 aliphatic carbocycles. The molecule has 184 valence electrons. The average Bonchev–Trinajstić information content (AvgIpc) is 2.90. The Bertz CT molecular complexity index is 1200. The van der Waals surface area contributed by atoms with Gasteiger partial charge in [0, 0.05) is 49.4 Å². The van der Waals surface area contributed by atoms with Crippen LogP contribution in [-0.2, 0) is 6.42 Å². The van der Waals surface area contributed by atoms with Gasteiger partial charge < -0.3 is 10.0 Å². The Morgan fingerprint density at radius 3 is 2.57 bits per heavy atom. The molecule has 1 N–H and O–H groups in total. The Morgan fingerprint density at radius 1 is 0.971 bits per heavy atom. The number of nitrogens with zero attached hydrogens (tertiary/aromatic N) is 3. The van der Waals surface area contributed by atoms with Gasteiger partial charge in [-0.3, -0.25) is 14.7 Å². The van der Waals surface area contributed by atoms with E-state index in [-0.39, 0.29) is 18.4 Å².